The van der Waals surface area contributed by atoms with Crippen molar-refractivity contribution in [1.29, 1.82) is 0 Å². The molecule has 16 aromatic rings. The number of nitrogens with zero attached hydrogens (tertiary/aromatic N) is 4. The van der Waals surface area contributed by atoms with Gasteiger partial charge in [-0.1, -0.05) is 419 Å². The second-order valence-electron chi connectivity index (χ2n) is 50.8. The third-order valence-corrected chi connectivity index (χ3v) is 27.2. The van der Waals surface area contributed by atoms with Gasteiger partial charge >= 0.3 is 0 Å². The maximum atomic E-state index is 12.0. The van der Waals surface area contributed by atoms with Crippen molar-refractivity contribution in [1.82, 2.24) is 9.13 Å². The van der Waals surface area contributed by atoms with Gasteiger partial charge in [0, 0.05) is 72.2 Å². The van der Waals surface area contributed by atoms with Crippen LogP contribution in [0.3, 0.4) is 0 Å². The summed E-state index contributed by atoms with van der Waals surface area (Å²) in [5.41, 5.74) is -7.71. The summed E-state index contributed by atoms with van der Waals surface area (Å²) in [6.07, 6.45) is 0. The van der Waals surface area contributed by atoms with Crippen molar-refractivity contribution in [2.75, 3.05) is 9.80 Å². The number of hydrogen-bond acceptors (Lipinski definition) is 2. The fourth-order valence-electron chi connectivity index (χ4n) is 18.7. The van der Waals surface area contributed by atoms with E-state index in [1.165, 1.54) is 4.57 Å². The third-order valence-electron chi connectivity index (χ3n) is 27.2. The van der Waals surface area contributed by atoms with Gasteiger partial charge in [0.25, 0.3) is 6.71 Å². The largest absolute Gasteiger partial charge is 0.310 e. The number of aromatic nitrogens is 2. The second kappa shape index (κ2) is 32.5. The molecule has 2 aliphatic rings. The van der Waals surface area contributed by atoms with Crippen molar-refractivity contribution < 1.29 is 35.6 Å². The van der Waals surface area contributed by atoms with Crippen molar-refractivity contribution in [3.63, 3.8) is 0 Å². The molecule has 0 atom stereocenters. The number of para-hydroxylation sites is 2. The van der Waals surface area contributed by atoms with Gasteiger partial charge in [-0.2, -0.15) is 0 Å². The van der Waals surface area contributed by atoms with Crippen molar-refractivity contribution in [3.8, 4) is 67.0 Å². The minimum Gasteiger partial charge on any atom is -0.310 e. The van der Waals surface area contributed by atoms with E-state index in [1.54, 1.807) is 105 Å². The molecule has 4 nitrogen and oxygen atoms in total. The summed E-state index contributed by atoms with van der Waals surface area (Å²) in [5, 5.41) is 0.996. The molecule has 0 aliphatic carbocycles. The average Bonchev–Trinajstić information content (AvgIpc) is 1.35. The first kappa shape index (κ1) is 68.4. The highest BCUT2D eigenvalue weighted by Crippen LogP contribution is 2.58. The molecule has 0 radical (unpaired) electrons. The van der Waals surface area contributed by atoms with Gasteiger partial charge < -0.3 is 18.9 Å². The summed E-state index contributed by atoms with van der Waals surface area (Å²) < 4.78 is 288. The molecule has 0 unspecified atom stereocenters. The van der Waals surface area contributed by atoms with Gasteiger partial charge in [-0.25, -0.2) is 0 Å². The van der Waals surface area contributed by atoms with Crippen molar-refractivity contribution >= 4 is 101 Å². The lowest BCUT2D eigenvalue weighted by atomic mass is 9.33. The topological polar surface area (TPSA) is 16.3 Å². The molecular formula is C132H151BN4. The lowest BCUT2D eigenvalue weighted by Crippen LogP contribution is -2.61. The van der Waals surface area contributed by atoms with Crippen molar-refractivity contribution in [2.24, 2.45) is 0 Å². The van der Waals surface area contributed by atoms with Crippen LogP contribution in [0.25, 0.3) is 111 Å². The summed E-state index contributed by atoms with van der Waals surface area (Å²) in [6, 6.07) is 19.7. The molecule has 2 aromatic heterocycles. The van der Waals surface area contributed by atoms with E-state index < -0.39 is 239 Å². The molecule has 0 fully saturated rings. The van der Waals surface area contributed by atoms with E-state index in [1.807, 2.05) is 119 Å². The molecule has 137 heavy (non-hydrogen) atoms. The van der Waals surface area contributed by atoms with E-state index in [0.29, 0.717) is 27.7 Å². The molecule has 702 valence electrons. The van der Waals surface area contributed by atoms with E-state index in [0.717, 1.165) is 44.1 Å². The summed E-state index contributed by atoms with van der Waals surface area (Å²) in [6.45, 7) is 67.8. The van der Waals surface area contributed by atoms with E-state index in [4.69, 9.17) is 0 Å². The summed E-state index contributed by atoms with van der Waals surface area (Å²) in [7, 11) is 0. The number of hydrogen-bond donors (Lipinski definition) is 0. The number of anilines is 6. The molecule has 0 bridgehead atoms. The van der Waals surface area contributed by atoms with E-state index in [-0.39, 0.29) is 146 Å². The Morgan fingerprint density at radius 1 is 0.204 bits per heavy atom. The first-order chi connectivity index (χ1) is 74.4. The maximum absolute atomic E-state index is 12.0. The molecule has 0 N–H and O–H groups in total. The summed E-state index contributed by atoms with van der Waals surface area (Å²) in [5.74, 6) is 0. The standard InChI is InChI=1S/C132H151BN4/c1-121(2,3)86-50-45-80(46-51-86)102-73-96(131(31,32)33)75-104(84-63-92(127(19,20)21)69-93(64-84)128(22,23)24)119(102)136-114-67-82(83-61-90(125(13,14)15)68-91(62-83)126(16,17)18)49-57-108(114)133-109-58-56-98(134-112-59-54-88(123(7,8)9)71-106(112)107-72-89(124(10,11)12)55-60-113(107)134)77-115(109)137(117-79-99(78-116(136)118(117)133)135-110-43-39-37-41-100(110)101-42-38-40-44-111(101)135)120-103(81-47-52-87(53-48-81)122(4,5)6)74-97(132(34,35)36)76-105(120)85-65-94(129(25,26)27)70-95(66-85)130(28,29)30/h37-79H,1-36H3/i37D,38D,39D,40D,41D,42D,43D,44D,45D,46D,47D,48D,50D,51D,52D,53D,63D,64D,65D,66D,69D,70D,73D,74D,75D,76D. The molecule has 0 spiro atoms. The highest BCUT2D eigenvalue weighted by atomic mass is 15.2. The molecular weight excluding hydrogens is 1650 g/mol. The van der Waals surface area contributed by atoms with Crippen LogP contribution in [0, 0.1) is 0 Å². The first-order valence-electron chi connectivity index (χ1n) is 61.6. The zero-order valence-corrected chi connectivity index (χ0v) is 87.7. The van der Waals surface area contributed by atoms with Gasteiger partial charge in [0.1, 0.15) is 0 Å². The van der Waals surface area contributed by atoms with E-state index in [2.05, 4.69) is 142 Å². The number of benzene rings is 14. The first-order valence-corrected chi connectivity index (χ1v) is 48.6. The van der Waals surface area contributed by atoms with Crippen LogP contribution in [0.1, 0.15) is 352 Å². The van der Waals surface area contributed by atoms with Crippen LogP contribution in [0.4, 0.5) is 34.1 Å². The van der Waals surface area contributed by atoms with Gasteiger partial charge in [0.15, 0.2) is 0 Å². The Kier molecular flexibility index (Phi) is 16.2. The van der Waals surface area contributed by atoms with E-state index in [9.17, 15) is 35.6 Å². The monoisotopic (exact) mass is 1830 g/mol. The quantitative estimate of drug-likeness (QED) is 0.134. The average molecular weight is 1830 g/mol. The van der Waals surface area contributed by atoms with Crippen molar-refractivity contribution in [3.05, 3.63) is 327 Å². The Bertz CT molecular complexity index is 8910. The molecule has 0 saturated carbocycles. The lowest BCUT2D eigenvalue weighted by Gasteiger charge is -2.46. The Hall–Kier alpha value is -11.7. The Balaban J connectivity index is 1.26. The number of fused-ring (bicyclic) bond motifs is 10. The van der Waals surface area contributed by atoms with Crippen LogP contribution in [-0.2, 0) is 65.0 Å². The van der Waals surface area contributed by atoms with E-state index >= 15 is 0 Å². The van der Waals surface area contributed by atoms with Gasteiger partial charge in [-0.3, -0.25) is 0 Å². The normalized spacial score (nSPS) is 16.6. The smallest absolute Gasteiger partial charge is 0.252 e. The molecule has 14 aromatic carbocycles. The Morgan fingerprint density at radius 2 is 0.511 bits per heavy atom. The highest BCUT2D eigenvalue weighted by molar-refractivity contribution is 7.00. The molecule has 2 aliphatic heterocycles. The van der Waals surface area contributed by atoms with Crippen LogP contribution in [0.2, 0.25) is 0 Å². The molecule has 5 heteroatoms. The highest BCUT2D eigenvalue weighted by Gasteiger charge is 2.48. The minimum absolute atomic E-state index is 0.00414. The molecule has 0 saturated heterocycles. The van der Waals surface area contributed by atoms with Crippen LogP contribution < -0.4 is 26.2 Å². The molecule has 0 amide bonds. The predicted octanol–water partition coefficient (Wildman–Crippen LogP) is 35.9. The maximum Gasteiger partial charge on any atom is 0.252 e. The zero-order chi connectivity index (χ0) is 122. The van der Waals surface area contributed by atoms with Crippen LogP contribution in [0.15, 0.2) is 260 Å². The number of rotatable bonds is 9. The van der Waals surface area contributed by atoms with Gasteiger partial charge in [0.05, 0.1) is 74.8 Å². The Labute approximate surface area is 859 Å². The van der Waals surface area contributed by atoms with Gasteiger partial charge in [-0.15, -0.1) is 0 Å². The van der Waals surface area contributed by atoms with Crippen LogP contribution >= 0.6 is 0 Å². The molecule has 18 rings (SSSR count). The van der Waals surface area contributed by atoms with Crippen LogP contribution in [-0.4, -0.2) is 15.8 Å². The fourth-order valence-corrected chi connectivity index (χ4v) is 18.7. The van der Waals surface area contributed by atoms with Gasteiger partial charge in [0.2, 0.25) is 0 Å². The van der Waals surface area contributed by atoms with Crippen LogP contribution in [0.5, 0.6) is 0 Å². The van der Waals surface area contributed by atoms with Crippen molar-refractivity contribution in [2.45, 2.75) is 314 Å². The fraction of sp³-hybridized carbons (Fsp3) is 0.364. The third kappa shape index (κ3) is 17.5. The summed E-state index contributed by atoms with van der Waals surface area (Å²) in [4.78, 5) is 3.49. The second-order valence-corrected chi connectivity index (χ2v) is 50.8. The SMILES string of the molecule is [2H]c1c([2H])c(C(C)(C)C)c([2H])c([2H])c1-c1c([2H])c(C(C)(C)C)c([2H])c(-c2c([2H])c(C(C)(C)C)c([2H])c(C(C)(C)C)c2[2H])c1N1c2cc(-c3cc(C(C)(C)C)cc(C(C)(C)C)c3)ccc2B2c3ccc(-n4c5ccc(C(C)(C)C)cc5c5cc(C(C)(C)C)ccc54)cc3N(c3c(-c4c([2H])c([2H])c(C(C)(C)C)c([2H])c4[2H])c([2H])c(C(C)(C)C)c([2H])c3-c3c([2H])c(C(C)(C)C)c([2H])c(C(C)(C)C)c3[2H])c3cc(-n4c5c([2H])c([2H])c([2H])c([2H])c5c5c([2H])c([2H])c([2H])c([2H])c54)cc1c32. The lowest BCUT2D eigenvalue weighted by molar-refractivity contribution is 0.568. The summed E-state index contributed by atoms with van der Waals surface area (Å²) >= 11 is 0. The predicted molar refractivity (Wildman–Crippen MR) is 601 cm³/mol. The zero-order valence-electron chi connectivity index (χ0n) is 114. The molecule has 4 heterocycles. The van der Waals surface area contributed by atoms with Gasteiger partial charge in [-0.05, 0) is 272 Å². The Morgan fingerprint density at radius 3 is 0.861 bits per heavy atom. The minimum atomic E-state index is -1.38.